The fourth-order valence-electron chi connectivity index (χ4n) is 3.44. The Balaban J connectivity index is 1.88. The Morgan fingerprint density at radius 1 is 1.31 bits per heavy atom. The van der Waals surface area contributed by atoms with Crippen LogP contribution >= 0.6 is 11.6 Å². The lowest BCUT2D eigenvalue weighted by Crippen LogP contribution is -2.50. The van der Waals surface area contributed by atoms with Crippen LogP contribution in [0, 0.1) is 17.6 Å². The first kappa shape index (κ1) is 21.2. The van der Waals surface area contributed by atoms with E-state index in [-0.39, 0.29) is 12.2 Å². The van der Waals surface area contributed by atoms with Crippen molar-refractivity contribution in [3.63, 3.8) is 0 Å². The second kappa shape index (κ2) is 8.47. The second-order valence-corrected chi connectivity index (χ2v) is 7.30. The summed E-state index contributed by atoms with van der Waals surface area (Å²) < 4.78 is 32.6. The number of imide groups is 1. The van der Waals surface area contributed by atoms with Gasteiger partial charge in [0.05, 0.1) is 17.8 Å². The zero-order valence-corrected chi connectivity index (χ0v) is 16.4. The van der Waals surface area contributed by atoms with E-state index in [4.69, 9.17) is 16.3 Å². The lowest BCUT2D eigenvalue weighted by atomic mass is 9.82. The van der Waals surface area contributed by atoms with E-state index in [0.29, 0.717) is 12.5 Å². The van der Waals surface area contributed by atoms with Crippen LogP contribution in [0.2, 0.25) is 0 Å². The number of aliphatic hydroxyl groups is 1. The highest BCUT2D eigenvalue weighted by Gasteiger charge is 2.47. The highest BCUT2D eigenvalue weighted by atomic mass is 35.5. The molecule has 0 radical (unpaired) electrons. The highest BCUT2D eigenvalue weighted by Crippen LogP contribution is 2.35. The fourth-order valence-corrected chi connectivity index (χ4v) is 3.82. The zero-order valence-electron chi connectivity index (χ0n) is 15.6. The number of carbonyl (C=O) groups is 2. The molecule has 0 bridgehead atoms. The lowest BCUT2D eigenvalue weighted by Gasteiger charge is -2.34. The van der Waals surface area contributed by atoms with E-state index >= 15 is 0 Å². The molecular weight excluding hydrogens is 404 g/mol. The van der Waals surface area contributed by atoms with Gasteiger partial charge in [0.1, 0.15) is 23.8 Å². The maximum Gasteiger partial charge on any atom is 0.416 e. The molecule has 1 aliphatic rings. The number of carbonyl (C=O) groups excluding carboxylic acids is 2. The van der Waals surface area contributed by atoms with Crippen molar-refractivity contribution in [3.8, 4) is 0 Å². The molecule has 0 aromatic heterocycles. The van der Waals surface area contributed by atoms with E-state index in [0.717, 1.165) is 22.6 Å². The number of benzene rings is 2. The van der Waals surface area contributed by atoms with Crippen molar-refractivity contribution in [2.75, 3.05) is 12.5 Å². The van der Waals surface area contributed by atoms with Gasteiger partial charge in [0.25, 0.3) is 0 Å². The molecule has 1 saturated heterocycles. The molecule has 1 fully saturated rings. The minimum absolute atomic E-state index is 0.0103. The van der Waals surface area contributed by atoms with Crippen molar-refractivity contribution >= 4 is 23.6 Å². The van der Waals surface area contributed by atoms with Gasteiger partial charge >= 0.3 is 6.09 Å². The van der Waals surface area contributed by atoms with Gasteiger partial charge in [-0.05, 0) is 18.1 Å². The van der Waals surface area contributed by atoms with Gasteiger partial charge in [0, 0.05) is 11.6 Å². The molecule has 8 heteroatoms. The molecule has 1 aliphatic heterocycles. The van der Waals surface area contributed by atoms with Crippen molar-refractivity contribution in [1.82, 2.24) is 4.90 Å². The van der Waals surface area contributed by atoms with Gasteiger partial charge in [0.15, 0.2) is 0 Å². The first-order valence-electron chi connectivity index (χ1n) is 9.05. The van der Waals surface area contributed by atoms with E-state index in [1.54, 1.807) is 0 Å². The molecular formula is C21H20ClF2NO4. The summed E-state index contributed by atoms with van der Waals surface area (Å²) >= 11 is 5.91. The first-order valence-corrected chi connectivity index (χ1v) is 9.59. The van der Waals surface area contributed by atoms with Gasteiger partial charge in [-0.25, -0.2) is 18.5 Å². The third-order valence-corrected chi connectivity index (χ3v) is 5.61. The molecule has 2 aromatic rings. The van der Waals surface area contributed by atoms with Crippen LogP contribution in [0.15, 0.2) is 48.5 Å². The Hall–Kier alpha value is -2.51. The number of halogens is 3. The molecule has 5 nitrogen and oxygen atoms in total. The van der Waals surface area contributed by atoms with E-state index in [9.17, 15) is 23.5 Å². The van der Waals surface area contributed by atoms with Crippen LogP contribution in [0.5, 0.6) is 0 Å². The van der Waals surface area contributed by atoms with E-state index in [2.05, 4.69) is 0 Å². The Morgan fingerprint density at radius 2 is 2.00 bits per heavy atom. The number of alkyl halides is 1. The number of hydrogen-bond acceptors (Lipinski definition) is 4. The number of amides is 2. The topological polar surface area (TPSA) is 66.8 Å². The molecule has 3 rings (SSSR count). The van der Waals surface area contributed by atoms with Crippen LogP contribution in [-0.4, -0.2) is 40.5 Å². The predicted octanol–water partition coefficient (Wildman–Crippen LogP) is 3.62. The monoisotopic (exact) mass is 423 g/mol. The maximum absolute atomic E-state index is 14.3. The summed E-state index contributed by atoms with van der Waals surface area (Å²) in [6.45, 7) is 1.36. The summed E-state index contributed by atoms with van der Waals surface area (Å²) in [5.41, 5.74) is -1.56. The maximum atomic E-state index is 14.3. The molecule has 2 amide bonds. The van der Waals surface area contributed by atoms with Crippen LogP contribution in [0.1, 0.15) is 18.1 Å². The summed E-state index contributed by atoms with van der Waals surface area (Å²) in [4.78, 5) is 26.3. The van der Waals surface area contributed by atoms with Crippen molar-refractivity contribution < 1.29 is 28.2 Å². The van der Waals surface area contributed by atoms with Gasteiger partial charge in [-0.1, -0.05) is 43.3 Å². The summed E-state index contributed by atoms with van der Waals surface area (Å²) in [5, 5.41) is 11.0. The van der Waals surface area contributed by atoms with Gasteiger partial charge in [-0.3, -0.25) is 4.79 Å². The summed E-state index contributed by atoms with van der Waals surface area (Å²) in [5.74, 6) is -4.43. The number of ether oxygens (including phenoxy) is 1. The summed E-state index contributed by atoms with van der Waals surface area (Å²) in [6, 6.07) is 11.3. The Labute approximate surface area is 171 Å². The number of cyclic esters (lactones) is 1. The average molecular weight is 424 g/mol. The molecule has 0 aliphatic carbocycles. The summed E-state index contributed by atoms with van der Waals surface area (Å²) in [7, 11) is 0. The van der Waals surface area contributed by atoms with Crippen molar-refractivity contribution in [1.29, 1.82) is 0 Å². The molecule has 29 heavy (non-hydrogen) atoms. The van der Waals surface area contributed by atoms with E-state index < -0.39 is 47.1 Å². The Kier molecular flexibility index (Phi) is 6.19. The van der Waals surface area contributed by atoms with Crippen LogP contribution < -0.4 is 0 Å². The molecule has 3 atom stereocenters. The average Bonchev–Trinajstić information content (AvgIpc) is 3.07. The number of rotatable bonds is 6. The van der Waals surface area contributed by atoms with Crippen molar-refractivity contribution in [3.05, 3.63) is 71.3 Å². The normalized spacial score (nSPS) is 19.6. The van der Waals surface area contributed by atoms with Crippen molar-refractivity contribution in [2.24, 2.45) is 5.92 Å². The summed E-state index contributed by atoms with van der Waals surface area (Å²) in [6.07, 6.45) is -0.464. The second-order valence-electron chi connectivity index (χ2n) is 7.03. The van der Waals surface area contributed by atoms with Gasteiger partial charge in [0.2, 0.25) is 5.91 Å². The molecule has 2 unspecified atom stereocenters. The van der Waals surface area contributed by atoms with Crippen molar-refractivity contribution in [2.45, 2.75) is 25.0 Å². The van der Waals surface area contributed by atoms with E-state index in [1.807, 2.05) is 30.3 Å². The minimum Gasteiger partial charge on any atom is -0.447 e. The molecule has 154 valence electrons. The number of nitrogens with zero attached hydrogens (tertiary/aromatic N) is 1. The van der Waals surface area contributed by atoms with E-state index in [1.165, 1.54) is 6.92 Å². The van der Waals surface area contributed by atoms with Crippen LogP contribution in [0.4, 0.5) is 13.6 Å². The first-order chi connectivity index (χ1) is 13.8. The van der Waals surface area contributed by atoms with Gasteiger partial charge in [-0.2, -0.15) is 0 Å². The Morgan fingerprint density at radius 3 is 2.62 bits per heavy atom. The largest absolute Gasteiger partial charge is 0.447 e. The van der Waals surface area contributed by atoms with Gasteiger partial charge in [-0.15, -0.1) is 11.6 Å². The zero-order chi connectivity index (χ0) is 21.2. The molecule has 0 spiro atoms. The molecule has 0 saturated carbocycles. The smallest absolute Gasteiger partial charge is 0.416 e. The van der Waals surface area contributed by atoms with Gasteiger partial charge < -0.3 is 9.84 Å². The third-order valence-electron chi connectivity index (χ3n) is 5.20. The van der Waals surface area contributed by atoms with Crippen LogP contribution in [0.3, 0.4) is 0 Å². The lowest BCUT2D eigenvalue weighted by molar-refractivity contribution is -0.141. The molecule has 2 aromatic carbocycles. The third kappa shape index (κ3) is 4.11. The highest BCUT2D eigenvalue weighted by molar-refractivity contribution is 6.18. The molecule has 1 heterocycles. The quantitative estimate of drug-likeness (QED) is 0.721. The fraction of sp³-hybridized carbons (Fsp3) is 0.333. The van der Waals surface area contributed by atoms with Crippen LogP contribution in [-0.2, 0) is 21.6 Å². The SMILES string of the molecule is CC(C(=O)N1C(=O)OCC1Cc1ccccc1)[C@](O)(CCl)c1ccc(F)cc1F. The number of hydrogen-bond donors (Lipinski definition) is 1. The standard InChI is InChI=1S/C21H20ClF2NO4/c1-13(21(28,12-22)17-8-7-15(23)10-18(17)24)19(26)25-16(11-29-20(25)27)9-14-5-3-2-4-6-14/h2-8,10,13,16,28H,9,11-12H2,1H3/t13?,16?,21-/m1/s1. The Bertz CT molecular complexity index is 911. The molecule has 1 N–H and O–H groups in total. The predicted molar refractivity (Wildman–Crippen MR) is 102 cm³/mol. The minimum atomic E-state index is -2.14. The van der Waals surface area contributed by atoms with Crippen LogP contribution in [0.25, 0.3) is 0 Å².